The molecule has 4 rings (SSSR count). The number of anilines is 2. The highest BCUT2D eigenvalue weighted by Gasteiger charge is 2.06. The molecule has 0 aliphatic rings. The first-order valence-corrected chi connectivity index (χ1v) is 9.02. The second kappa shape index (κ2) is 7.42. The molecule has 0 unspecified atom stereocenters. The van der Waals surface area contributed by atoms with Gasteiger partial charge in [0.1, 0.15) is 5.82 Å². The van der Waals surface area contributed by atoms with Gasteiger partial charge in [0.2, 0.25) is 0 Å². The number of aryl methyl sites for hydroxylation is 2. The van der Waals surface area contributed by atoms with E-state index in [4.69, 9.17) is 4.98 Å². The summed E-state index contributed by atoms with van der Waals surface area (Å²) >= 11 is 0. The molecule has 1 heterocycles. The van der Waals surface area contributed by atoms with Gasteiger partial charge in [-0.15, -0.1) is 0 Å². The van der Waals surface area contributed by atoms with Crippen LogP contribution >= 0.6 is 0 Å². The minimum atomic E-state index is 0.799. The molecule has 0 radical (unpaired) electrons. The van der Waals surface area contributed by atoms with Gasteiger partial charge < -0.3 is 5.32 Å². The van der Waals surface area contributed by atoms with Crippen molar-refractivity contribution in [2.45, 2.75) is 13.8 Å². The van der Waals surface area contributed by atoms with Gasteiger partial charge in [0, 0.05) is 22.9 Å². The number of fused-ring (bicyclic) bond motifs is 1. The van der Waals surface area contributed by atoms with Crippen molar-refractivity contribution in [1.29, 1.82) is 0 Å². The molecule has 0 saturated heterocycles. The Labute approximate surface area is 159 Å². The smallest absolute Gasteiger partial charge is 0.139 e. The number of nitrogens with zero attached hydrogens (tertiary/aromatic N) is 2. The molecule has 132 valence electrons. The van der Waals surface area contributed by atoms with Gasteiger partial charge in [-0.2, -0.15) is 0 Å². The fraction of sp³-hybridized carbons (Fsp3) is 0.0833. The van der Waals surface area contributed by atoms with Crippen LogP contribution in [0.4, 0.5) is 17.2 Å². The van der Waals surface area contributed by atoms with Crippen LogP contribution in [-0.4, -0.2) is 11.2 Å². The van der Waals surface area contributed by atoms with Crippen molar-refractivity contribution in [3.8, 4) is 0 Å². The lowest BCUT2D eigenvalue weighted by Crippen LogP contribution is -1.99. The maximum absolute atomic E-state index is 4.82. The molecule has 0 spiro atoms. The first-order chi connectivity index (χ1) is 13.2. The topological polar surface area (TPSA) is 37.3 Å². The van der Waals surface area contributed by atoms with E-state index in [9.17, 15) is 0 Å². The average Bonchev–Trinajstić information content (AvgIpc) is 2.69. The summed E-state index contributed by atoms with van der Waals surface area (Å²) < 4.78 is 0. The van der Waals surface area contributed by atoms with Crippen molar-refractivity contribution in [2.24, 2.45) is 4.99 Å². The second-order valence-electron chi connectivity index (χ2n) is 6.70. The summed E-state index contributed by atoms with van der Waals surface area (Å²) in [6, 6.07) is 26.7. The van der Waals surface area contributed by atoms with E-state index in [0.29, 0.717) is 0 Å². The van der Waals surface area contributed by atoms with Crippen molar-refractivity contribution < 1.29 is 0 Å². The van der Waals surface area contributed by atoms with E-state index in [1.165, 1.54) is 11.1 Å². The Morgan fingerprint density at radius 2 is 1.48 bits per heavy atom. The minimum absolute atomic E-state index is 0.799. The third-order valence-electron chi connectivity index (χ3n) is 4.45. The Bertz CT molecular complexity index is 1090. The Balaban J connectivity index is 1.74. The van der Waals surface area contributed by atoms with Crippen LogP contribution in [0.3, 0.4) is 0 Å². The Morgan fingerprint density at radius 1 is 0.815 bits per heavy atom. The molecule has 3 heteroatoms. The number of aromatic nitrogens is 1. The predicted molar refractivity (Wildman–Crippen MR) is 115 cm³/mol. The molecule has 27 heavy (non-hydrogen) atoms. The molecule has 3 nitrogen and oxygen atoms in total. The highest BCUT2D eigenvalue weighted by atomic mass is 15.0. The number of aliphatic imine (C=N–C) groups is 1. The Morgan fingerprint density at radius 3 is 2.22 bits per heavy atom. The van der Waals surface area contributed by atoms with Gasteiger partial charge in [-0.25, -0.2) is 4.98 Å². The summed E-state index contributed by atoms with van der Waals surface area (Å²) in [6.45, 7) is 4.15. The Hall–Kier alpha value is -3.46. The SMILES string of the molecule is Cc1ccc(N=Cc2cc3ccccc3nc2Nc2ccc(C)cc2)cc1. The van der Waals surface area contributed by atoms with Crippen LogP contribution in [0.5, 0.6) is 0 Å². The van der Waals surface area contributed by atoms with E-state index >= 15 is 0 Å². The summed E-state index contributed by atoms with van der Waals surface area (Å²) in [5, 5.41) is 4.53. The molecule has 0 saturated carbocycles. The number of pyridine rings is 1. The van der Waals surface area contributed by atoms with Crippen molar-refractivity contribution in [2.75, 3.05) is 5.32 Å². The van der Waals surface area contributed by atoms with Crippen molar-refractivity contribution in [3.63, 3.8) is 0 Å². The zero-order valence-corrected chi connectivity index (χ0v) is 15.5. The summed E-state index contributed by atoms with van der Waals surface area (Å²) in [5.41, 5.74) is 6.30. The third kappa shape index (κ3) is 4.04. The monoisotopic (exact) mass is 351 g/mol. The maximum atomic E-state index is 4.82. The average molecular weight is 351 g/mol. The lowest BCUT2D eigenvalue weighted by molar-refractivity contribution is 1.35. The summed E-state index contributed by atoms with van der Waals surface area (Å²) in [7, 11) is 0. The molecule has 0 bridgehead atoms. The molecule has 0 atom stereocenters. The number of para-hydroxylation sites is 1. The molecule has 1 aromatic heterocycles. The molecule has 4 aromatic rings. The normalized spacial score (nSPS) is 11.2. The molecule has 0 fully saturated rings. The number of hydrogen-bond acceptors (Lipinski definition) is 3. The summed E-state index contributed by atoms with van der Waals surface area (Å²) in [4.78, 5) is 9.45. The highest BCUT2D eigenvalue weighted by Crippen LogP contribution is 2.24. The largest absolute Gasteiger partial charge is 0.340 e. The van der Waals surface area contributed by atoms with Crippen LogP contribution in [-0.2, 0) is 0 Å². The lowest BCUT2D eigenvalue weighted by atomic mass is 10.1. The van der Waals surface area contributed by atoms with Crippen LogP contribution < -0.4 is 5.32 Å². The predicted octanol–water partition coefficient (Wildman–Crippen LogP) is 6.35. The van der Waals surface area contributed by atoms with Gasteiger partial charge in [0.05, 0.1) is 11.2 Å². The zero-order chi connectivity index (χ0) is 18.6. The van der Waals surface area contributed by atoms with E-state index in [-0.39, 0.29) is 0 Å². The second-order valence-corrected chi connectivity index (χ2v) is 6.70. The summed E-state index contributed by atoms with van der Waals surface area (Å²) in [5.74, 6) is 0.799. The fourth-order valence-corrected chi connectivity index (χ4v) is 2.88. The van der Waals surface area contributed by atoms with Gasteiger partial charge in [0.25, 0.3) is 0 Å². The molecule has 0 amide bonds. The van der Waals surface area contributed by atoms with Crippen LogP contribution in [0.2, 0.25) is 0 Å². The van der Waals surface area contributed by atoms with Gasteiger partial charge in [-0.3, -0.25) is 4.99 Å². The molecule has 0 aliphatic carbocycles. The van der Waals surface area contributed by atoms with Gasteiger partial charge in [-0.1, -0.05) is 53.6 Å². The number of nitrogens with one attached hydrogen (secondary N) is 1. The first-order valence-electron chi connectivity index (χ1n) is 9.02. The zero-order valence-electron chi connectivity index (χ0n) is 15.5. The maximum Gasteiger partial charge on any atom is 0.139 e. The number of rotatable bonds is 4. The van der Waals surface area contributed by atoms with Crippen LogP contribution in [0, 0.1) is 13.8 Å². The van der Waals surface area contributed by atoms with Crippen molar-refractivity contribution in [1.82, 2.24) is 4.98 Å². The van der Waals surface area contributed by atoms with Gasteiger partial charge in [0.15, 0.2) is 0 Å². The van der Waals surface area contributed by atoms with Gasteiger partial charge in [-0.05, 0) is 50.2 Å². The first kappa shape index (κ1) is 17.0. The lowest BCUT2D eigenvalue weighted by Gasteiger charge is -2.11. The van der Waals surface area contributed by atoms with E-state index < -0.39 is 0 Å². The van der Waals surface area contributed by atoms with Crippen molar-refractivity contribution >= 4 is 34.3 Å². The molecule has 1 N–H and O–H groups in total. The Kier molecular flexibility index (Phi) is 4.67. The number of benzene rings is 3. The van der Waals surface area contributed by atoms with Crippen LogP contribution in [0.1, 0.15) is 16.7 Å². The van der Waals surface area contributed by atoms with E-state index in [1.807, 2.05) is 36.5 Å². The minimum Gasteiger partial charge on any atom is -0.340 e. The van der Waals surface area contributed by atoms with E-state index in [2.05, 4.69) is 72.7 Å². The molecule has 3 aromatic carbocycles. The van der Waals surface area contributed by atoms with E-state index in [0.717, 1.165) is 33.7 Å². The molecule has 0 aliphatic heterocycles. The third-order valence-corrected chi connectivity index (χ3v) is 4.45. The van der Waals surface area contributed by atoms with Gasteiger partial charge >= 0.3 is 0 Å². The van der Waals surface area contributed by atoms with E-state index in [1.54, 1.807) is 0 Å². The van der Waals surface area contributed by atoms with Crippen LogP contribution in [0.15, 0.2) is 83.9 Å². The molecular formula is C24H21N3. The summed E-state index contributed by atoms with van der Waals surface area (Å²) in [6.07, 6.45) is 1.88. The number of hydrogen-bond donors (Lipinski definition) is 1. The quantitative estimate of drug-likeness (QED) is 0.435. The van der Waals surface area contributed by atoms with Crippen molar-refractivity contribution in [3.05, 3.63) is 95.6 Å². The fourth-order valence-electron chi connectivity index (χ4n) is 2.88. The highest BCUT2D eigenvalue weighted by molar-refractivity contribution is 5.95. The molecular weight excluding hydrogens is 330 g/mol. The van der Waals surface area contributed by atoms with Crippen LogP contribution in [0.25, 0.3) is 10.9 Å². The standard InChI is InChI=1S/C24H21N3/c1-17-7-11-21(12-8-17)25-16-20-15-19-5-3-4-6-23(19)27-24(20)26-22-13-9-18(2)10-14-22/h3-16H,1-2H3,(H,26,27).